The summed E-state index contributed by atoms with van der Waals surface area (Å²) in [6.07, 6.45) is 1.35. The fraction of sp³-hybridized carbons (Fsp3) is 0.0909. The summed E-state index contributed by atoms with van der Waals surface area (Å²) in [5.41, 5.74) is 7.11. The molecule has 4 nitrogen and oxygen atoms in total. The lowest BCUT2D eigenvalue weighted by molar-refractivity contribution is 0.628. The smallest absolute Gasteiger partial charge is 0.135 e. The second-order valence-corrected chi connectivity index (χ2v) is 3.41. The molecule has 0 saturated carbocycles. The van der Waals surface area contributed by atoms with Crippen molar-refractivity contribution in [2.24, 2.45) is 0 Å². The summed E-state index contributed by atoms with van der Waals surface area (Å²) in [6.45, 7) is 1.88. The van der Waals surface area contributed by atoms with Crippen LogP contribution in [0.4, 0.5) is 21.7 Å². The molecule has 0 radical (unpaired) electrons. The summed E-state index contributed by atoms with van der Waals surface area (Å²) < 4.78 is 13.0. The van der Waals surface area contributed by atoms with Crippen LogP contribution in [0.3, 0.4) is 0 Å². The van der Waals surface area contributed by atoms with Crippen LogP contribution in [0, 0.1) is 12.7 Å². The van der Waals surface area contributed by atoms with Crippen LogP contribution >= 0.6 is 0 Å². The zero-order valence-corrected chi connectivity index (χ0v) is 8.74. The van der Waals surface area contributed by atoms with Gasteiger partial charge in [-0.05, 0) is 24.6 Å². The number of halogens is 1. The highest BCUT2D eigenvalue weighted by Gasteiger charge is 2.02. The molecule has 1 aromatic carbocycles. The molecule has 0 aliphatic rings. The Morgan fingerprint density at radius 2 is 2.06 bits per heavy atom. The van der Waals surface area contributed by atoms with Crippen molar-refractivity contribution in [3.63, 3.8) is 0 Å². The molecule has 0 amide bonds. The molecule has 1 aromatic heterocycles. The van der Waals surface area contributed by atoms with E-state index in [4.69, 9.17) is 5.73 Å². The fourth-order valence-electron chi connectivity index (χ4n) is 1.31. The Morgan fingerprint density at radius 3 is 2.81 bits per heavy atom. The molecule has 0 atom stereocenters. The Bertz CT molecular complexity index is 513. The van der Waals surface area contributed by atoms with E-state index in [9.17, 15) is 4.39 Å². The predicted octanol–water partition coefficient (Wildman–Crippen LogP) is 2.25. The predicted molar refractivity (Wildman–Crippen MR) is 60.9 cm³/mol. The van der Waals surface area contributed by atoms with Crippen LogP contribution in [-0.2, 0) is 0 Å². The summed E-state index contributed by atoms with van der Waals surface area (Å²) in [4.78, 5) is 7.75. The van der Waals surface area contributed by atoms with Crippen LogP contribution in [-0.4, -0.2) is 9.97 Å². The van der Waals surface area contributed by atoms with Gasteiger partial charge in [0.05, 0.1) is 0 Å². The summed E-state index contributed by atoms with van der Waals surface area (Å²) in [5, 5.41) is 2.98. The van der Waals surface area contributed by atoms with Gasteiger partial charge >= 0.3 is 0 Å². The van der Waals surface area contributed by atoms with Crippen LogP contribution in [0.5, 0.6) is 0 Å². The first-order valence-electron chi connectivity index (χ1n) is 4.76. The molecule has 0 aliphatic heterocycles. The first-order chi connectivity index (χ1) is 7.65. The number of nitrogens with zero attached hydrogens (tertiary/aromatic N) is 2. The molecule has 82 valence electrons. The van der Waals surface area contributed by atoms with E-state index in [1.54, 1.807) is 12.1 Å². The largest absolute Gasteiger partial charge is 0.384 e. The minimum absolute atomic E-state index is 0.296. The van der Waals surface area contributed by atoms with Gasteiger partial charge in [0.2, 0.25) is 0 Å². The van der Waals surface area contributed by atoms with E-state index in [1.807, 2.05) is 6.92 Å². The Labute approximate surface area is 92.3 Å². The molecule has 0 aliphatic carbocycles. The number of nitrogens with one attached hydrogen (secondary N) is 1. The van der Waals surface area contributed by atoms with Gasteiger partial charge in [0.1, 0.15) is 23.8 Å². The average molecular weight is 218 g/mol. The quantitative estimate of drug-likeness (QED) is 0.811. The number of nitrogen functional groups attached to an aromatic ring is 1. The van der Waals surface area contributed by atoms with E-state index in [2.05, 4.69) is 15.3 Å². The molecule has 5 heteroatoms. The maximum Gasteiger partial charge on any atom is 0.135 e. The molecule has 2 aromatic rings. The molecule has 16 heavy (non-hydrogen) atoms. The molecule has 3 N–H and O–H groups in total. The van der Waals surface area contributed by atoms with Gasteiger partial charge < -0.3 is 11.1 Å². The highest BCUT2D eigenvalue weighted by atomic mass is 19.1. The number of nitrogens with two attached hydrogens (primary N) is 1. The molecular weight excluding hydrogens is 207 g/mol. The molecule has 0 spiro atoms. The van der Waals surface area contributed by atoms with Gasteiger partial charge in [0.25, 0.3) is 0 Å². The number of hydrogen-bond donors (Lipinski definition) is 2. The lowest BCUT2D eigenvalue weighted by Gasteiger charge is -2.08. The Hall–Kier alpha value is -2.17. The lowest BCUT2D eigenvalue weighted by atomic mass is 10.2. The van der Waals surface area contributed by atoms with Crippen LogP contribution in [0.25, 0.3) is 0 Å². The highest BCUT2D eigenvalue weighted by Crippen LogP contribution is 2.20. The summed E-state index contributed by atoms with van der Waals surface area (Å²) in [6, 6.07) is 6.11. The third kappa shape index (κ3) is 2.25. The Kier molecular flexibility index (Phi) is 2.68. The Balaban J connectivity index is 2.30. The zero-order chi connectivity index (χ0) is 11.5. The van der Waals surface area contributed by atoms with E-state index in [0.29, 0.717) is 17.3 Å². The van der Waals surface area contributed by atoms with Crippen LogP contribution in [0.15, 0.2) is 30.6 Å². The van der Waals surface area contributed by atoms with Gasteiger partial charge in [-0.25, -0.2) is 14.4 Å². The molecule has 2 rings (SSSR count). The first kappa shape index (κ1) is 10.4. The summed E-state index contributed by atoms with van der Waals surface area (Å²) in [7, 11) is 0. The minimum atomic E-state index is -0.296. The van der Waals surface area contributed by atoms with Crippen molar-refractivity contribution in [2.75, 3.05) is 11.1 Å². The van der Waals surface area contributed by atoms with Crippen molar-refractivity contribution >= 4 is 17.3 Å². The lowest BCUT2D eigenvalue weighted by Crippen LogP contribution is -1.99. The molecular formula is C11H11FN4. The van der Waals surface area contributed by atoms with Crippen molar-refractivity contribution in [3.05, 3.63) is 42.0 Å². The van der Waals surface area contributed by atoms with Crippen molar-refractivity contribution in [3.8, 4) is 0 Å². The number of benzene rings is 1. The van der Waals surface area contributed by atoms with Crippen LogP contribution < -0.4 is 11.1 Å². The van der Waals surface area contributed by atoms with Gasteiger partial charge in [-0.3, -0.25) is 0 Å². The fourth-order valence-corrected chi connectivity index (χ4v) is 1.31. The van der Waals surface area contributed by atoms with Crippen LogP contribution in [0.1, 0.15) is 5.56 Å². The summed E-state index contributed by atoms with van der Waals surface area (Å²) >= 11 is 0. The average Bonchev–Trinajstić information content (AvgIpc) is 2.24. The molecule has 0 bridgehead atoms. The van der Waals surface area contributed by atoms with Crippen LogP contribution in [0.2, 0.25) is 0 Å². The monoisotopic (exact) mass is 218 g/mol. The van der Waals surface area contributed by atoms with E-state index in [-0.39, 0.29) is 5.82 Å². The number of aromatic nitrogens is 2. The maximum atomic E-state index is 13.0. The SMILES string of the molecule is Cc1ccc(F)cc1Nc1cc(N)ncn1. The van der Waals surface area contributed by atoms with Crippen molar-refractivity contribution in [1.29, 1.82) is 0 Å². The minimum Gasteiger partial charge on any atom is -0.384 e. The summed E-state index contributed by atoms with van der Waals surface area (Å²) in [5.74, 6) is 0.614. The van der Waals surface area contributed by atoms with Crippen molar-refractivity contribution < 1.29 is 4.39 Å². The Morgan fingerprint density at radius 1 is 1.25 bits per heavy atom. The van der Waals surface area contributed by atoms with E-state index >= 15 is 0 Å². The normalized spacial score (nSPS) is 10.1. The second kappa shape index (κ2) is 4.14. The van der Waals surface area contributed by atoms with Gasteiger partial charge in [-0.1, -0.05) is 6.07 Å². The van der Waals surface area contributed by atoms with Crippen molar-refractivity contribution in [1.82, 2.24) is 9.97 Å². The number of rotatable bonds is 2. The van der Waals surface area contributed by atoms with Crippen molar-refractivity contribution in [2.45, 2.75) is 6.92 Å². The molecule has 0 unspecified atom stereocenters. The number of hydrogen-bond acceptors (Lipinski definition) is 4. The molecule has 1 heterocycles. The maximum absolute atomic E-state index is 13.0. The number of anilines is 3. The number of aryl methyl sites for hydroxylation is 1. The zero-order valence-electron chi connectivity index (χ0n) is 8.74. The van der Waals surface area contributed by atoms with Gasteiger partial charge in [-0.15, -0.1) is 0 Å². The van der Waals surface area contributed by atoms with Gasteiger partial charge in [-0.2, -0.15) is 0 Å². The molecule has 0 fully saturated rings. The highest BCUT2D eigenvalue weighted by molar-refractivity contribution is 5.61. The standard InChI is InChI=1S/C11H11FN4/c1-7-2-3-8(12)4-9(7)16-11-5-10(13)14-6-15-11/h2-6H,1H3,(H3,13,14,15,16). The van der Waals surface area contributed by atoms with E-state index in [1.165, 1.54) is 18.5 Å². The first-order valence-corrected chi connectivity index (χ1v) is 4.76. The van der Waals surface area contributed by atoms with Gasteiger partial charge in [0.15, 0.2) is 0 Å². The third-order valence-corrected chi connectivity index (χ3v) is 2.15. The van der Waals surface area contributed by atoms with Gasteiger partial charge in [0, 0.05) is 11.8 Å². The second-order valence-electron chi connectivity index (χ2n) is 3.41. The third-order valence-electron chi connectivity index (χ3n) is 2.15. The van der Waals surface area contributed by atoms with E-state index < -0.39 is 0 Å². The topological polar surface area (TPSA) is 63.8 Å². The molecule has 0 saturated heterocycles. The van der Waals surface area contributed by atoms with E-state index in [0.717, 1.165) is 5.56 Å².